The van der Waals surface area contributed by atoms with Gasteiger partial charge in [-0.1, -0.05) is 23.9 Å². The van der Waals surface area contributed by atoms with Crippen molar-refractivity contribution in [2.75, 3.05) is 26.3 Å². The maximum absolute atomic E-state index is 12.7. The third-order valence-corrected chi connectivity index (χ3v) is 6.70. The summed E-state index contributed by atoms with van der Waals surface area (Å²) < 4.78 is 17.0. The number of carbonyl (C=O) groups excluding carboxylic acids is 2. The average molecular weight is 456 g/mol. The van der Waals surface area contributed by atoms with Crippen molar-refractivity contribution in [2.45, 2.75) is 28.0 Å². The van der Waals surface area contributed by atoms with Gasteiger partial charge in [-0.15, -0.1) is 0 Å². The number of likely N-dealkylation sites (tertiary alicyclic amines) is 1. The third kappa shape index (κ3) is 3.81. The summed E-state index contributed by atoms with van der Waals surface area (Å²) in [5, 5.41) is 12.1. The first kappa shape index (κ1) is 20.8. The van der Waals surface area contributed by atoms with Crippen molar-refractivity contribution in [1.29, 1.82) is 0 Å². The molecule has 2 N–H and O–H groups in total. The Hall–Kier alpha value is -3.08. The number of benzene rings is 2. The minimum Gasteiger partial charge on any atom is -0.480 e. The van der Waals surface area contributed by atoms with Crippen molar-refractivity contribution >= 4 is 29.5 Å². The number of nitrogens with one attached hydrogen (secondary N) is 1. The molecule has 2 aromatic carbocycles. The Labute approximate surface area is 187 Å². The number of para-hydroxylation sites is 1. The van der Waals surface area contributed by atoms with Crippen LogP contribution in [0.5, 0.6) is 11.5 Å². The van der Waals surface area contributed by atoms with E-state index in [1.54, 1.807) is 18.2 Å². The molecule has 0 aliphatic carbocycles. The van der Waals surface area contributed by atoms with Gasteiger partial charge in [-0.2, -0.15) is 0 Å². The zero-order valence-electron chi connectivity index (χ0n) is 16.9. The van der Waals surface area contributed by atoms with Crippen LogP contribution in [-0.4, -0.2) is 65.9 Å². The monoisotopic (exact) mass is 456 g/mol. The van der Waals surface area contributed by atoms with Crippen LogP contribution in [0.3, 0.4) is 0 Å². The lowest BCUT2D eigenvalue weighted by atomic mass is 10.1. The van der Waals surface area contributed by atoms with Crippen molar-refractivity contribution in [2.24, 2.45) is 0 Å². The summed E-state index contributed by atoms with van der Waals surface area (Å²) in [5.74, 6) is -1.73. The third-order valence-electron chi connectivity index (χ3n) is 5.61. The molecule has 3 heterocycles. The van der Waals surface area contributed by atoms with Crippen LogP contribution in [0.1, 0.15) is 16.8 Å². The Morgan fingerprint density at radius 3 is 2.62 bits per heavy atom. The molecule has 2 fully saturated rings. The van der Waals surface area contributed by atoms with Gasteiger partial charge in [0.2, 0.25) is 5.91 Å². The number of ether oxygens (including phenoxy) is 3. The molecule has 10 heteroatoms. The van der Waals surface area contributed by atoms with Crippen molar-refractivity contribution < 1.29 is 33.7 Å². The first-order valence-corrected chi connectivity index (χ1v) is 10.9. The molecule has 0 radical (unpaired) electrons. The highest BCUT2D eigenvalue weighted by molar-refractivity contribution is 7.99. The van der Waals surface area contributed by atoms with Crippen LogP contribution in [-0.2, 0) is 19.1 Å². The molecule has 0 bridgehead atoms. The molecule has 1 spiro atoms. The summed E-state index contributed by atoms with van der Waals surface area (Å²) in [6.07, 6.45) is 0.0611. The van der Waals surface area contributed by atoms with Gasteiger partial charge in [0.25, 0.3) is 5.91 Å². The number of hydrogen-bond acceptors (Lipinski definition) is 7. The second-order valence-electron chi connectivity index (χ2n) is 7.68. The van der Waals surface area contributed by atoms with Crippen LogP contribution < -0.4 is 10.1 Å². The Morgan fingerprint density at radius 2 is 1.84 bits per heavy atom. The van der Waals surface area contributed by atoms with Gasteiger partial charge < -0.3 is 29.5 Å². The highest BCUT2D eigenvalue weighted by Gasteiger charge is 2.52. The maximum Gasteiger partial charge on any atom is 0.326 e. The molecule has 0 saturated carbocycles. The molecule has 0 aromatic heterocycles. The summed E-state index contributed by atoms with van der Waals surface area (Å²) in [6, 6.07) is 11.6. The quantitative estimate of drug-likeness (QED) is 0.614. The molecule has 9 nitrogen and oxygen atoms in total. The molecule has 1 atom stereocenters. The van der Waals surface area contributed by atoms with E-state index in [0.717, 1.165) is 15.5 Å². The molecule has 5 rings (SSSR count). The molecule has 2 amide bonds. The second-order valence-corrected chi connectivity index (χ2v) is 8.77. The fraction of sp³-hybridized carbons (Fsp3) is 0.318. The Balaban J connectivity index is 1.24. The van der Waals surface area contributed by atoms with Crippen molar-refractivity contribution in [3.05, 3.63) is 48.0 Å². The molecule has 1 unspecified atom stereocenters. The lowest BCUT2D eigenvalue weighted by Crippen LogP contribution is -2.46. The van der Waals surface area contributed by atoms with E-state index in [-0.39, 0.29) is 19.5 Å². The van der Waals surface area contributed by atoms with E-state index in [0.29, 0.717) is 24.5 Å². The van der Waals surface area contributed by atoms with E-state index in [1.165, 1.54) is 16.7 Å². The highest BCUT2D eigenvalue weighted by atomic mass is 32.2. The number of aliphatic carboxylic acids is 1. The molecule has 2 saturated heterocycles. The lowest BCUT2D eigenvalue weighted by molar-refractivity contribution is -0.152. The smallest absolute Gasteiger partial charge is 0.326 e. The SMILES string of the molecule is O=C(NCC(=O)N1CC2(CC1C(=O)O)OCCO2)c1ccc2c(c1)Sc1ccccc1O2. The Kier molecular flexibility index (Phi) is 5.28. The number of hydrogen-bond donors (Lipinski definition) is 2. The van der Waals surface area contributed by atoms with Gasteiger partial charge >= 0.3 is 5.97 Å². The fourth-order valence-electron chi connectivity index (χ4n) is 4.06. The lowest BCUT2D eigenvalue weighted by Gasteiger charge is -2.23. The van der Waals surface area contributed by atoms with E-state index in [2.05, 4.69) is 5.32 Å². The average Bonchev–Trinajstić information content (AvgIpc) is 3.42. The number of carboxylic acids is 1. The molecular weight excluding hydrogens is 436 g/mol. The van der Waals surface area contributed by atoms with E-state index >= 15 is 0 Å². The van der Waals surface area contributed by atoms with Crippen LogP contribution in [0.2, 0.25) is 0 Å². The predicted octanol–water partition coefficient (Wildman–Crippen LogP) is 2.10. The summed E-state index contributed by atoms with van der Waals surface area (Å²) in [5.41, 5.74) is 0.377. The van der Waals surface area contributed by atoms with Gasteiger partial charge in [0, 0.05) is 12.0 Å². The Bertz CT molecular complexity index is 1100. The van der Waals surface area contributed by atoms with E-state index in [4.69, 9.17) is 14.2 Å². The topological polar surface area (TPSA) is 114 Å². The van der Waals surface area contributed by atoms with Gasteiger partial charge in [0.1, 0.15) is 17.5 Å². The number of nitrogens with zero attached hydrogens (tertiary/aromatic N) is 1. The van der Waals surface area contributed by atoms with E-state index in [1.807, 2.05) is 24.3 Å². The number of amides is 2. The van der Waals surface area contributed by atoms with E-state index < -0.39 is 29.6 Å². The molecular formula is C22H20N2O7S. The summed E-state index contributed by atoms with van der Waals surface area (Å²) in [7, 11) is 0. The molecule has 166 valence electrons. The molecule has 3 aliphatic rings. The van der Waals surface area contributed by atoms with Crippen LogP contribution >= 0.6 is 11.8 Å². The van der Waals surface area contributed by atoms with Crippen molar-refractivity contribution in [3.8, 4) is 11.5 Å². The van der Waals surface area contributed by atoms with E-state index in [9.17, 15) is 19.5 Å². The first-order valence-electron chi connectivity index (χ1n) is 10.1. The summed E-state index contributed by atoms with van der Waals surface area (Å²) in [4.78, 5) is 40.0. The van der Waals surface area contributed by atoms with Gasteiger partial charge in [0.05, 0.1) is 36.1 Å². The predicted molar refractivity (Wildman–Crippen MR) is 112 cm³/mol. The molecule has 3 aliphatic heterocycles. The normalized spacial score (nSPS) is 20.4. The standard InChI is InChI=1S/C22H20N2O7S/c25-19(24-12-22(29-7-8-30-22)10-14(24)21(27)28)11-23-20(26)13-5-6-16-18(9-13)32-17-4-2-1-3-15(17)31-16/h1-6,9,14H,7-8,10-12H2,(H,23,26)(H,27,28). The highest BCUT2D eigenvalue weighted by Crippen LogP contribution is 2.46. The molecule has 32 heavy (non-hydrogen) atoms. The zero-order chi connectivity index (χ0) is 22.3. The fourth-order valence-corrected chi connectivity index (χ4v) is 5.05. The van der Waals surface area contributed by atoms with Crippen LogP contribution in [0, 0.1) is 0 Å². The minimum absolute atomic E-state index is 0.0188. The van der Waals surface area contributed by atoms with Crippen LogP contribution in [0.15, 0.2) is 52.3 Å². The number of fused-ring (bicyclic) bond motifs is 2. The first-order chi connectivity index (χ1) is 15.4. The van der Waals surface area contributed by atoms with Gasteiger partial charge in [0.15, 0.2) is 5.79 Å². The summed E-state index contributed by atoms with van der Waals surface area (Å²) >= 11 is 1.50. The van der Waals surface area contributed by atoms with Crippen LogP contribution in [0.25, 0.3) is 0 Å². The number of carboxylic acid groups (broad SMARTS) is 1. The van der Waals surface area contributed by atoms with Crippen molar-refractivity contribution in [3.63, 3.8) is 0 Å². The zero-order valence-corrected chi connectivity index (χ0v) is 17.7. The van der Waals surface area contributed by atoms with Gasteiger partial charge in [-0.25, -0.2) is 4.79 Å². The Morgan fingerprint density at radius 1 is 1.09 bits per heavy atom. The maximum atomic E-state index is 12.7. The largest absolute Gasteiger partial charge is 0.480 e. The number of carbonyl (C=O) groups is 3. The molecule has 2 aromatic rings. The van der Waals surface area contributed by atoms with Crippen LogP contribution in [0.4, 0.5) is 0 Å². The minimum atomic E-state index is -1.13. The number of rotatable bonds is 4. The van der Waals surface area contributed by atoms with Gasteiger partial charge in [-0.3, -0.25) is 9.59 Å². The second kappa shape index (κ2) is 8.12. The summed E-state index contributed by atoms with van der Waals surface area (Å²) in [6.45, 7) is 0.401. The van der Waals surface area contributed by atoms with Crippen molar-refractivity contribution in [1.82, 2.24) is 10.2 Å². The van der Waals surface area contributed by atoms with Gasteiger partial charge in [-0.05, 0) is 30.3 Å².